The number of para-hydroxylation sites is 4. The Labute approximate surface area is 180 Å². The molecule has 2 heterocycles. The molecule has 6 nitrogen and oxygen atoms in total. The number of nitrogens with one attached hydrogen (secondary N) is 1. The number of rotatable bonds is 6. The first-order chi connectivity index (χ1) is 15.3. The van der Waals surface area contributed by atoms with Crippen LogP contribution >= 0.6 is 0 Å². The fraction of sp³-hybridized carbons (Fsp3) is 0.200. The van der Waals surface area contributed by atoms with Crippen molar-refractivity contribution in [2.45, 2.75) is 19.4 Å². The van der Waals surface area contributed by atoms with Gasteiger partial charge in [0, 0.05) is 30.6 Å². The summed E-state index contributed by atoms with van der Waals surface area (Å²) in [5, 5.41) is 3.00. The number of imidazole rings is 1. The second-order valence-corrected chi connectivity index (χ2v) is 7.41. The third-order valence-corrected chi connectivity index (χ3v) is 5.34. The molecule has 0 fully saturated rings. The number of carbonyl (C=O) groups excluding carboxylic acids is 1. The van der Waals surface area contributed by atoms with Crippen LogP contribution in [0.5, 0.6) is 11.5 Å². The molecule has 0 unspecified atom stereocenters. The summed E-state index contributed by atoms with van der Waals surface area (Å²) in [6.07, 6.45) is 0.893. The molecule has 1 aromatic heterocycles. The first-order valence-electron chi connectivity index (χ1n) is 10.5. The molecular formula is C25H23N3O3. The minimum Gasteiger partial charge on any atom is -0.486 e. The molecule has 4 aromatic rings. The zero-order chi connectivity index (χ0) is 21.0. The van der Waals surface area contributed by atoms with Gasteiger partial charge in [-0.2, -0.15) is 0 Å². The highest BCUT2D eigenvalue weighted by Crippen LogP contribution is 2.33. The lowest BCUT2D eigenvalue weighted by Crippen LogP contribution is -2.25. The Morgan fingerprint density at radius 2 is 1.74 bits per heavy atom. The number of aryl methyl sites for hydroxylation is 1. The van der Waals surface area contributed by atoms with E-state index in [-0.39, 0.29) is 5.91 Å². The van der Waals surface area contributed by atoms with Crippen molar-refractivity contribution in [2.24, 2.45) is 0 Å². The van der Waals surface area contributed by atoms with E-state index in [2.05, 4.69) is 28.1 Å². The van der Waals surface area contributed by atoms with Gasteiger partial charge in [0.1, 0.15) is 19.0 Å². The predicted octanol–water partition coefficient (Wildman–Crippen LogP) is 4.05. The number of fused-ring (bicyclic) bond motifs is 2. The summed E-state index contributed by atoms with van der Waals surface area (Å²) in [5.41, 5.74) is 3.92. The molecule has 0 radical (unpaired) electrons. The highest BCUT2D eigenvalue weighted by molar-refractivity contribution is 5.79. The summed E-state index contributed by atoms with van der Waals surface area (Å²) in [6, 6.07) is 23.9. The maximum Gasteiger partial charge on any atom is 0.220 e. The largest absolute Gasteiger partial charge is 0.486 e. The Balaban J connectivity index is 1.30. The van der Waals surface area contributed by atoms with Crippen molar-refractivity contribution in [3.05, 3.63) is 84.2 Å². The lowest BCUT2D eigenvalue weighted by molar-refractivity contribution is -0.121. The van der Waals surface area contributed by atoms with E-state index < -0.39 is 0 Å². The molecule has 1 N–H and O–H groups in total. The molecule has 1 aliphatic rings. The Hall–Kier alpha value is -3.80. The number of hydrogen-bond acceptors (Lipinski definition) is 4. The first kappa shape index (κ1) is 19.2. The zero-order valence-corrected chi connectivity index (χ0v) is 17.1. The average molecular weight is 413 g/mol. The van der Waals surface area contributed by atoms with Gasteiger partial charge >= 0.3 is 0 Å². The first-order valence-corrected chi connectivity index (χ1v) is 10.5. The van der Waals surface area contributed by atoms with E-state index in [1.54, 1.807) is 0 Å². The van der Waals surface area contributed by atoms with Gasteiger partial charge in [0.25, 0.3) is 0 Å². The molecule has 0 atom stereocenters. The number of aromatic nitrogens is 2. The van der Waals surface area contributed by atoms with Crippen LogP contribution in [0.4, 0.5) is 0 Å². The van der Waals surface area contributed by atoms with Crippen molar-refractivity contribution in [1.29, 1.82) is 0 Å². The van der Waals surface area contributed by atoms with Crippen LogP contribution in [0.1, 0.15) is 17.8 Å². The van der Waals surface area contributed by atoms with Gasteiger partial charge in [-0.05, 0) is 30.3 Å². The smallest absolute Gasteiger partial charge is 0.220 e. The van der Waals surface area contributed by atoms with Crippen LogP contribution in [-0.2, 0) is 17.8 Å². The molecule has 156 valence electrons. The van der Waals surface area contributed by atoms with Crippen molar-refractivity contribution in [3.8, 4) is 17.2 Å². The Kier molecular flexibility index (Phi) is 5.27. The monoisotopic (exact) mass is 413 g/mol. The minimum atomic E-state index is -0.0269. The van der Waals surface area contributed by atoms with Gasteiger partial charge < -0.3 is 14.8 Å². The summed E-state index contributed by atoms with van der Waals surface area (Å²) in [7, 11) is 0. The molecule has 1 aliphatic heterocycles. The van der Waals surface area contributed by atoms with Gasteiger partial charge in [0.05, 0.1) is 11.0 Å². The standard InChI is InChI=1S/C25H23N3O3/c29-24(26-17-18-7-6-12-22-25(18)31-16-15-30-22)14-13-23-27-20-10-4-5-11-21(20)28(23)19-8-2-1-3-9-19/h1-12H,13-17H2,(H,26,29). The predicted molar refractivity (Wildman–Crippen MR) is 119 cm³/mol. The Morgan fingerprint density at radius 3 is 2.65 bits per heavy atom. The number of ether oxygens (including phenoxy) is 2. The molecule has 1 amide bonds. The minimum absolute atomic E-state index is 0.0269. The second-order valence-electron chi connectivity index (χ2n) is 7.41. The van der Waals surface area contributed by atoms with Crippen LogP contribution in [0.2, 0.25) is 0 Å². The van der Waals surface area contributed by atoms with Crippen LogP contribution < -0.4 is 14.8 Å². The molecular weight excluding hydrogens is 390 g/mol. The van der Waals surface area contributed by atoms with Crippen molar-refractivity contribution >= 4 is 16.9 Å². The topological polar surface area (TPSA) is 65.4 Å². The summed E-state index contributed by atoms with van der Waals surface area (Å²) in [5.74, 6) is 2.30. The maximum absolute atomic E-state index is 12.6. The SMILES string of the molecule is O=C(CCc1nc2ccccc2n1-c1ccccc1)NCc1cccc2c1OCCO2. The number of benzene rings is 3. The Morgan fingerprint density at radius 1 is 0.935 bits per heavy atom. The van der Waals surface area contributed by atoms with Gasteiger partial charge in [-0.25, -0.2) is 4.98 Å². The molecule has 0 saturated carbocycles. The van der Waals surface area contributed by atoms with Crippen LogP contribution in [0.15, 0.2) is 72.8 Å². The maximum atomic E-state index is 12.6. The van der Waals surface area contributed by atoms with E-state index in [0.717, 1.165) is 39.6 Å². The van der Waals surface area contributed by atoms with E-state index in [4.69, 9.17) is 14.5 Å². The van der Waals surface area contributed by atoms with Crippen LogP contribution in [0.3, 0.4) is 0 Å². The number of amides is 1. The molecule has 0 spiro atoms. The zero-order valence-electron chi connectivity index (χ0n) is 17.1. The van der Waals surface area contributed by atoms with Gasteiger partial charge in [-0.1, -0.05) is 42.5 Å². The van der Waals surface area contributed by atoms with Gasteiger partial charge in [-0.15, -0.1) is 0 Å². The van der Waals surface area contributed by atoms with Crippen molar-refractivity contribution in [3.63, 3.8) is 0 Å². The van der Waals surface area contributed by atoms with Crippen LogP contribution in [0, 0.1) is 0 Å². The fourth-order valence-corrected chi connectivity index (χ4v) is 3.89. The Bertz CT molecular complexity index is 1220. The van der Waals surface area contributed by atoms with E-state index in [1.807, 2.05) is 54.6 Å². The number of hydrogen-bond donors (Lipinski definition) is 1. The molecule has 3 aromatic carbocycles. The third-order valence-electron chi connectivity index (χ3n) is 5.34. The summed E-state index contributed by atoms with van der Waals surface area (Å²) >= 11 is 0. The molecule has 6 heteroatoms. The van der Waals surface area contributed by atoms with Crippen LogP contribution in [0.25, 0.3) is 16.7 Å². The average Bonchev–Trinajstić information content (AvgIpc) is 3.20. The van der Waals surface area contributed by atoms with Gasteiger partial charge in [0.15, 0.2) is 11.5 Å². The van der Waals surface area contributed by atoms with Gasteiger partial charge in [-0.3, -0.25) is 9.36 Å². The molecule has 31 heavy (non-hydrogen) atoms. The normalized spacial score (nSPS) is 12.6. The van der Waals surface area contributed by atoms with E-state index >= 15 is 0 Å². The quantitative estimate of drug-likeness (QED) is 0.518. The highest BCUT2D eigenvalue weighted by Gasteiger charge is 2.17. The van der Waals surface area contributed by atoms with Gasteiger partial charge in [0.2, 0.25) is 5.91 Å². The molecule has 0 aliphatic carbocycles. The van der Waals surface area contributed by atoms with E-state index in [9.17, 15) is 4.79 Å². The lowest BCUT2D eigenvalue weighted by Gasteiger charge is -2.21. The lowest BCUT2D eigenvalue weighted by atomic mass is 10.1. The van der Waals surface area contributed by atoms with Crippen molar-refractivity contribution in [1.82, 2.24) is 14.9 Å². The fourth-order valence-electron chi connectivity index (χ4n) is 3.89. The number of nitrogens with zero attached hydrogens (tertiary/aromatic N) is 2. The second kappa shape index (κ2) is 8.52. The summed E-state index contributed by atoms with van der Waals surface area (Å²) < 4.78 is 13.5. The third kappa shape index (κ3) is 3.97. The molecule has 0 saturated heterocycles. The number of carbonyl (C=O) groups is 1. The highest BCUT2D eigenvalue weighted by atomic mass is 16.6. The molecule has 0 bridgehead atoms. The summed E-state index contributed by atoms with van der Waals surface area (Å²) in [6.45, 7) is 1.47. The van der Waals surface area contributed by atoms with Crippen molar-refractivity contribution in [2.75, 3.05) is 13.2 Å². The van der Waals surface area contributed by atoms with Crippen molar-refractivity contribution < 1.29 is 14.3 Å². The van der Waals surface area contributed by atoms with Crippen LogP contribution in [-0.4, -0.2) is 28.7 Å². The van der Waals surface area contributed by atoms with E-state index in [1.165, 1.54) is 0 Å². The van der Waals surface area contributed by atoms with E-state index in [0.29, 0.717) is 32.6 Å². The molecule has 5 rings (SSSR count). The summed E-state index contributed by atoms with van der Waals surface area (Å²) in [4.78, 5) is 17.4.